The van der Waals surface area contributed by atoms with E-state index in [1.165, 1.54) is 4.31 Å². The van der Waals surface area contributed by atoms with Gasteiger partial charge in [0, 0.05) is 26.2 Å². The van der Waals surface area contributed by atoms with Crippen LogP contribution in [0.15, 0.2) is 21.6 Å². The smallest absolute Gasteiger partial charge is 0.276 e. The third-order valence-electron chi connectivity index (χ3n) is 3.74. The number of furan rings is 1. The Morgan fingerprint density at radius 2 is 1.90 bits per heavy atom. The first-order valence-electron chi connectivity index (χ1n) is 7.59. The highest BCUT2D eigenvalue weighted by Crippen LogP contribution is 2.20. The van der Waals surface area contributed by atoms with Crippen LogP contribution in [-0.4, -0.2) is 56.9 Å². The lowest BCUT2D eigenvalue weighted by molar-refractivity contribution is 0.194. The fourth-order valence-corrected chi connectivity index (χ4v) is 3.74. The van der Waals surface area contributed by atoms with Gasteiger partial charge in [-0.05, 0) is 31.6 Å². The average molecular weight is 315 g/mol. The van der Waals surface area contributed by atoms with Gasteiger partial charge in [0.15, 0.2) is 0 Å². The lowest BCUT2D eigenvalue weighted by atomic mass is 10.4. The molecule has 120 valence electrons. The largest absolute Gasteiger partial charge is 0.447 e. The quantitative estimate of drug-likeness (QED) is 0.764. The normalized spacial score (nSPS) is 18.2. The maximum atomic E-state index is 12.5. The van der Waals surface area contributed by atoms with E-state index in [9.17, 15) is 8.42 Å². The van der Waals surface area contributed by atoms with E-state index >= 15 is 0 Å². The molecule has 21 heavy (non-hydrogen) atoms. The molecule has 0 amide bonds. The van der Waals surface area contributed by atoms with Crippen molar-refractivity contribution in [2.24, 2.45) is 0 Å². The van der Waals surface area contributed by atoms with E-state index in [-0.39, 0.29) is 5.09 Å². The van der Waals surface area contributed by atoms with Gasteiger partial charge in [0.25, 0.3) is 10.0 Å². The molecule has 0 atom stereocenters. The predicted molar refractivity (Wildman–Crippen MR) is 81.6 cm³/mol. The minimum Gasteiger partial charge on any atom is -0.447 e. The van der Waals surface area contributed by atoms with Crippen molar-refractivity contribution in [2.45, 2.75) is 31.9 Å². The van der Waals surface area contributed by atoms with Crippen molar-refractivity contribution in [1.29, 1.82) is 0 Å². The number of sulfonamides is 1. The maximum absolute atomic E-state index is 12.5. The van der Waals surface area contributed by atoms with Crippen molar-refractivity contribution in [3.8, 4) is 0 Å². The summed E-state index contributed by atoms with van der Waals surface area (Å²) in [5.74, 6) is 0.661. The van der Waals surface area contributed by atoms with Crippen molar-refractivity contribution >= 4 is 10.0 Å². The summed E-state index contributed by atoms with van der Waals surface area (Å²) in [5, 5.41) is 3.26. The van der Waals surface area contributed by atoms with Gasteiger partial charge in [0.2, 0.25) is 5.09 Å². The first-order chi connectivity index (χ1) is 10.1. The van der Waals surface area contributed by atoms with Crippen LogP contribution in [0.25, 0.3) is 0 Å². The van der Waals surface area contributed by atoms with Gasteiger partial charge in [-0.25, -0.2) is 8.42 Å². The first kappa shape index (κ1) is 16.5. The molecular weight excluding hydrogens is 290 g/mol. The van der Waals surface area contributed by atoms with Crippen LogP contribution >= 0.6 is 0 Å². The van der Waals surface area contributed by atoms with Crippen LogP contribution in [0.1, 0.15) is 26.0 Å². The summed E-state index contributed by atoms with van der Waals surface area (Å²) < 4.78 is 32.0. The minimum atomic E-state index is -3.49. The van der Waals surface area contributed by atoms with Crippen molar-refractivity contribution in [1.82, 2.24) is 14.5 Å². The van der Waals surface area contributed by atoms with E-state index in [0.29, 0.717) is 25.4 Å². The molecular formula is C14H25N3O3S. The summed E-state index contributed by atoms with van der Waals surface area (Å²) in [5.41, 5.74) is 0. The van der Waals surface area contributed by atoms with Gasteiger partial charge in [-0.3, -0.25) is 0 Å². The van der Waals surface area contributed by atoms with Crippen molar-refractivity contribution in [3.05, 3.63) is 17.9 Å². The summed E-state index contributed by atoms with van der Waals surface area (Å²) >= 11 is 0. The molecule has 2 heterocycles. The predicted octanol–water partition coefficient (Wildman–Crippen LogP) is 1.11. The Kier molecular flexibility index (Phi) is 5.80. The molecule has 1 fully saturated rings. The molecule has 1 saturated heterocycles. The van der Waals surface area contributed by atoms with Crippen molar-refractivity contribution in [2.75, 3.05) is 39.3 Å². The van der Waals surface area contributed by atoms with Crippen molar-refractivity contribution in [3.63, 3.8) is 0 Å². The van der Waals surface area contributed by atoms with Crippen LogP contribution < -0.4 is 5.32 Å². The van der Waals surface area contributed by atoms with Gasteiger partial charge < -0.3 is 14.6 Å². The molecule has 0 spiro atoms. The molecule has 1 aromatic rings. The van der Waals surface area contributed by atoms with Gasteiger partial charge >= 0.3 is 0 Å². The van der Waals surface area contributed by atoms with Gasteiger partial charge in [-0.1, -0.05) is 13.8 Å². The number of piperazine rings is 1. The third kappa shape index (κ3) is 4.06. The Morgan fingerprint density at radius 3 is 2.52 bits per heavy atom. The van der Waals surface area contributed by atoms with Gasteiger partial charge in [-0.15, -0.1) is 0 Å². The molecule has 2 rings (SSSR count). The Balaban J connectivity index is 1.99. The Morgan fingerprint density at radius 1 is 1.19 bits per heavy atom. The lowest BCUT2D eigenvalue weighted by Crippen LogP contribution is -2.48. The van der Waals surface area contributed by atoms with E-state index in [0.717, 1.165) is 32.6 Å². The molecule has 1 aliphatic heterocycles. The Hall–Kier alpha value is -0.890. The molecule has 1 aromatic heterocycles. The summed E-state index contributed by atoms with van der Waals surface area (Å²) in [6.07, 6.45) is 1.04. The Bertz CT molecular complexity index is 533. The number of nitrogens with zero attached hydrogens (tertiary/aromatic N) is 2. The van der Waals surface area contributed by atoms with Crippen LogP contribution in [0.3, 0.4) is 0 Å². The second kappa shape index (κ2) is 7.40. The van der Waals surface area contributed by atoms with Crippen molar-refractivity contribution < 1.29 is 12.8 Å². The summed E-state index contributed by atoms with van der Waals surface area (Å²) in [6, 6.07) is 3.29. The molecule has 0 saturated carbocycles. The van der Waals surface area contributed by atoms with Gasteiger partial charge in [-0.2, -0.15) is 4.31 Å². The Labute approximate surface area is 127 Å². The fourth-order valence-electron chi connectivity index (χ4n) is 2.39. The van der Waals surface area contributed by atoms with E-state index in [1.807, 2.05) is 0 Å². The topological polar surface area (TPSA) is 65.8 Å². The van der Waals surface area contributed by atoms with Crippen LogP contribution in [-0.2, 0) is 16.6 Å². The molecule has 0 bridgehead atoms. The maximum Gasteiger partial charge on any atom is 0.276 e. The molecule has 0 aromatic carbocycles. The van der Waals surface area contributed by atoms with Gasteiger partial charge in [0.1, 0.15) is 5.76 Å². The summed E-state index contributed by atoms with van der Waals surface area (Å²) in [6.45, 7) is 9.20. The standard InChI is InChI=1S/C14H25N3O3S/c1-3-7-15-12-13-5-6-14(20-13)21(18,19)17-10-8-16(4-2)9-11-17/h5-6,15H,3-4,7-12H2,1-2H3. The number of hydrogen-bond donors (Lipinski definition) is 1. The van der Waals surface area contributed by atoms with E-state index in [4.69, 9.17) is 4.42 Å². The zero-order valence-corrected chi connectivity index (χ0v) is 13.7. The monoisotopic (exact) mass is 315 g/mol. The highest BCUT2D eigenvalue weighted by molar-refractivity contribution is 7.89. The second-order valence-electron chi connectivity index (χ2n) is 5.24. The van der Waals surface area contributed by atoms with Crippen LogP contribution in [0.4, 0.5) is 0 Å². The molecule has 0 aliphatic carbocycles. The van der Waals surface area contributed by atoms with Crippen LogP contribution in [0.5, 0.6) is 0 Å². The SMILES string of the molecule is CCCNCc1ccc(S(=O)(=O)N2CCN(CC)CC2)o1. The van der Waals surface area contributed by atoms with Crippen LogP contribution in [0, 0.1) is 0 Å². The molecule has 6 nitrogen and oxygen atoms in total. The number of nitrogens with one attached hydrogen (secondary N) is 1. The molecule has 0 radical (unpaired) electrons. The second-order valence-corrected chi connectivity index (χ2v) is 7.10. The number of likely N-dealkylation sites (N-methyl/N-ethyl adjacent to an activating group) is 1. The summed E-state index contributed by atoms with van der Waals surface area (Å²) in [7, 11) is -3.49. The fraction of sp³-hybridized carbons (Fsp3) is 0.714. The van der Waals surface area contributed by atoms with E-state index in [2.05, 4.69) is 24.1 Å². The zero-order valence-electron chi connectivity index (χ0n) is 12.8. The average Bonchev–Trinajstić information content (AvgIpc) is 2.97. The van der Waals surface area contributed by atoms with E-state index < -0.39 is 10.0 Å². The molecule has 0 unspecified atom stereocenters. The number of hydrogen-bond acceptors (Lipinski definition) is 5. The molecule has 1 aliphatic rings. The van der Waals surface area contributed by atoms with E-state index in [1.54, 1.807) is 12.1 Å². The highest BCUT2D eigenvalue weighted by atomic mass is 32.2. The minimum absolute atomic E-state index is 0.0562. The molecule has 1 N–H and O–H groups in total. The highest BCUT2D eigenvalue weighted by Gasteiger charge is 2.30. The molecule has 7 heteroatoms. The van der Waals surface area contributed by atoms with Gasteiger partial charge in [0.05, 0.1) is 6.54 Å². The lowest BCUT2D eigenvalue weighted by Gasteiger charge is -2.32. The van der Waals surface area contributed by atoms with Crippen LogP contribution in [0.2, 0.25) is 0 Å². The first-order valence-corrected chi connectivity index (χ1v) is 9.04. The third-order valence-corrected chi connectivity index (χ3v) is 5.51. The number of rotatable bonds is 7. The summed E-state index contributed by atoms with van der Waals surface area (Å²) in [4.78, 5) is 2.24. The zero-order chi connectivity index (χ0) is 15.3.